The Morgan fingerprint density at radius 1 is 1.30 bits per heavy atom. The molecule has 1 unspecified atom stereocenters. The largest absolute Gasteiger partial charge is 0.363 e. The van der Waals surface area contributed by atoms with Gasteiger partial charge in [0.15, 0.2) is 11.6 Å². The quantitative estimate of drug-likeness (QED) is 0.673. The van der Waals surface area contributed by atoms with Crippen LogP contribution < -0.4 is 0 Å². The second-order valence-corrected chi connectivity index (χ2v) is 7.91. The number of ether oxygens (including phenoxy) is 1. The third kappa shape index (κ3) is 2.74. The molecule has 1 amide bonds. The van der Waals surface area contributed by atoms with Crippen molar-refractivity contribution >= 4 is 17.2 Å². The van der Waals surface area contributed by atoms with Crippen LogP contribution in [0.1, 0.15) is 28.3 Å². The second kappa shape index (κ2) is 6.21. The zero-order chi connectivity index (χ0) is 18.4. The van der Waals surface area contributed by atoms with Crippen LogP contribution in [0.25, 0.3) is 10.7 Å². The van der Waals surface area contributed by atoms with Crippen LogP contribution in [0.4, 0.5) is 0 Å². The highest BCUT2D eigenvalue weighted by Gasteiger charge is 2.45. The molecular weight excluding hydrogens is 364 g/mol. The lowest BCUT2D eigenvalue weighted by Gasteiger charge is -2.34. The summed E-state index contributed by atoms with van der Waals surface area (Å²) in [4.78, 5) is 23.8. The van der Waals surface area contributed by atoms with E-state index >= 15 is 0 Å². The molecule has 9 heteroatoms. The monoisotopic (exact) mass is 382 g/mol. The van der Waals surface area contributed by atoms with Crippen LogP contribution in [-0.4, -0.2) is 54.2 Å². The molecule has 2 aliphatic rings. The summed E-state index contributed by atoms with van der Waals surface area (Å²) < 4.78 is 8.33. The number of nitrogens with zero attached hydrogens (tertiary/aromatic N) is 6. The lowest BCUT2D eigenvalue weighted by molar-refractivity contribution is -0.0805. The van der Waals surface area contributed by atoms with Crippen molar-refractivity contribution < 1.29 is 9.53 Å². The average Bonchev–Trinajstić information content (AvgIpc) is 3.41. The van der Waals surface area contributed by atoms with Gasteiger partial charge in [-0.2, -0.15) is 0 Å². The van der Waals surface area contributed by atoms with Crippen LogP contribution in [-0.2, 0) is 17.9 Å². The van der Waals surface area contributed by atoms with E-state index in [-0.39, 0.29) is 5.91 Å². The number of aromatic nitrogens is 5. The molecule has 138 valence electrons. The summed E-state index contributed by atoms with van der Waals surface area (Å²) in [6.07, 6.45) is 5.38. The standard InChI is InChI=1S/C18H18N6O2S/c1-12-2-7-27-15(12)16-22-21-14-9-26-18(11-24(14)16)3-6-23(10-18)17(25)13-8-19-4-5-20-13/h2,4-5,7-8H,3,6,9-11H2,1H3. The van der Waals surface area contributed by atoms with Gasteiger partial charge in [-0.1, -0.05) is 0 Å². The van der Waals surface area contributed by atoms with Gasteiger partial charge in [-0.3, -0.25) is 9.78 Å². The molecule has 0 N–H and O–H groups in total. The van der Waals surface area contributed by atoms with Crippen molar-refractivity contribution in [1.29, 1.82) is 0 Å². The van der Waals surface area contributed by atoms with Gasteiger partial charge in [0.2, 0.25) is 0 Å². The normalized spacial score (nSPS) is 21.6. The van der Waals surface area contributed by atoms with Gasteiger partial charge in [0.05, 0.1) is 24.2 Å². The number of fused-ring (bicyclic) bond motifs is 1. The van der Waals surface area contributed by atoms with E-state index < -0.39 is 5.60 Å². The average molecular weight is 382 g/mol. The van der Waals surface area contributed by atoms with Gasteiger partial charge >= 0.3 is 0 Å². The molecule has 0 radical (unpaired) electrons. The maximum Gasteiger partial charge on any atom is 0.274 e. The molecule has 5 rings (SSSR count). The van der Waals surface area contributed by atoms with Crippen LogP contribution in [0.3, 0.4) is 0 Å². The number of likely N-dealkylation sites (tertiary alicyclic amines) is 1. The van der Waals surface area contributed by atoms with Crippen LogP contribution in [0.2, 0.25) is 0 Å². The topological polar surface area (TPSA) is 86.0 Å². The molecule has 0 saturated carbocycles. The third-order valence-corrected chi connectivity index (χ3v) is 6.24. The van der Waals surface area contributed by atoms with Crippen molar-refractivity contribution in [3.8, 4) is 10.7 Å². The highest BCUT2D eigenvalue weighted by atomic mass is 32.1. The number of hydrogen-bond donors (Lipinski definition) is 0. The van der Waals surface area contributed by atoms with E-state index in [1.807, 2.05) is 0 Å². The van der Waals surface area contributed by atoms with E-state index in [2.05, 4.69) is 43.1 Å². The molecule has 1 atom stereocenters. The molecule has 1 saturated heterocycles. The molecule has 5 heterocycles. The molecule has 8 nitrogen and oxygen atoms in total. The molecule has 27 heavy (non-hydrogen) atoms. The second-order valence-electron chi connectivity index (χ2n) is 7.00. The molecule has 0 bridgehead atoms. The van der Waals surface area contributed by atoms with Gasteiger partial charge < -0.3 is 14.2 Å². The molecule has 1 fully saturated rings. The van der Waals surface area contributed by atoms with Gasteiger partial charge in [-0.05, 0) is 30.4 Å². The minimum atomic E-state index is -0.410. The van der Waals surface area contributed by atoms with Crippen LogP contribution in [0, 0.1) is 6.92 Å². The van der Waals surface area contributed by atoms with Crippen molar-refractivity contribution in [2.45, 2.75) is 32.1 Å². The Balaban J connectivity index is 1.40. The first-order chi connectivity index (χ1) is 13.2. The Labute approximate surface area is 159 Å². The first-order valence-electron chi connectivity index (χ1n) is 8.81. The van der Waals surface area contributed by atoms with Gasteiger partial charge in [0.25, 0.3) is 5.91 Å². The third-order valence-electron chi connectivity index (χ3n) is 5.23. The minimum absolute atomic E-state index is 0.104. The molecule has 3 aromatic rings. The summed E-state index contributed by atoms with van der Waals surface area (Å²) >= 11 is 1.67. The number of amides is 1. The highest BCUT2D eigenvalue weighted by Crippen LogP contribution is 2.36. The maximum absolute atomic E-state index is 12.7. The number of aryl methyl sites for hydroxylation is 1. The fourth-order valence-electron chi connectivity index (χ4n) is 3.77. The molecule has 1 spiro atoms. The molecule has 2 aliphatic heterocycles. The summed E-state index contributed by atoms with van der Waals surface area (Å²) in [6.45, 7) is 4.30. The Morgan fingerprint density at radius 3 is 3.00 bits per heavy atom. The van der Waals surface area contributed by atoms with Crippen molar-refractivity contribution in [3.05, 3.63) is 47.1 Å². The van der Waals surface area contributed by atoms with Crippen molar-refractivity contribution in [2.75, 3.05) is 13.1 Å². The van der Waals surface area contributed by atoms with Crippen molar-refractivity contribution in [3.63, 3.8) is 0 Å². The van der Waals surface area contributed by atoms with E-state index in [4.69, 9.17) is 4.74 Å². The summed E-state index contributed by atoms with van der Waals surface area (Å²) in [6, 6.07) is 2.09. The number of thiophene rings is 1. The Hall–Kier alpha value is -2.65. The Kier molecular flexibility index (Phi) is 3.80. The molecule has 3 aromatic heterocycles. The minimum Gasteiger partial charge on any atom is -0.363 e. The zero-order valence-corrected chi connectivity index (χ0v) is 15.6. The van der Waals surface area contributed by atoms with E-state index in [0.717, 1.165) is 22.9 Å². The molecule has 0 aliphatic carbocycles. The van der Waals surface area contributed by atoms with Crippen LogP contribution >= 0.6 is 11.3 Å². The van der Waals surface area contributed by atoms with Gasteiger partial charge in [-0.25, -0.2) is 4.98 Å². The van der Waals surface area contributed by atoms with Gasteiger partial charge in [0.1, 0.15) is 17.9 Å². The fraction of sp³-hybridized carbons (Fsp3) is 0.389. The summed E-state index contributed by atoms with van der Waals surface area (Å²) in [7, 11) is 0. The Morgan fingerprint density at radius 2 is 2.22 bits per heavy atom. The van der Waals surface area contributed by atoms with Crippen LogP contribution in [0.15, 0.2) is 30.0 Å². The van der Waals surface area contributed by atoms with E-state index in [9.17, 15) is 4.79 Å². The first kappa shape index (κ1) is 16.5. The summed E-state index contributed by atoms with van der Waals surface area (Å²) in [5.41, 5.74) is 1.15. The van der Waals surface area contributed by atoms with E-state index in [1.165, 1.54) is 18.0 Å². The van der Waals surface area contributed by atoms with Crippen LogP contribution in [0.5, 0.6) is 0 Å². The number of hydrogen-bond acceptors (Lipinski definition) is 7. The lowest BCUT2D eigenvalue weighted by atomic mass is 10.0. The summed E-state index contributed by atoms with van der Waals surface area (Å²) in [5.74, 6) is 1.62. The van der Waals surface area contributed by atoms with Crippen molar-refractivity contribution in [2.24, 2.45) is 0 Å². The SMILES string of the molecule is Cc1ccsc1-c1nnc2n1CC1(CCN(C(=O)c3cnccn3)C1)OC2. The Bertz CT molecular complexity index is 1000. The highest BCUT2D eigenvalue weighted by molar-refractivity contribution is 7.13. The number of carbonyl (C=O) groups excluding carboxylic acids is 1. The van der Waals surface area contributed by atoms with Gasteiger partial charge in [-0.15, -0.1) is 21.5 Å². The molecular formula is C18H18N6O2S. The number of rotatable bonds is 2. The fourth-order valence-corrected chi connectivity index (χ4v) is 4.68. The predicted molar refractivity (Wildman–Crippen MR) is 98.1 cm³/mol. The summed E-state index contributed by atoms with van der Waals surface area (Å²) in [5, 5.41) is 10.8. The first-order valence-corrected chi connectivity index (χ1v) is 9.69. The van der Waals surface area contributed by atoms with Gasteiger partial charge in [0, 0.05) is 18.9 Å². The zero-order valence-electron chi connectivity index (χ0n) is 14.8. The van der Waals surface area contributed by atoms with E-state index in [1.54, 1.807) is 22.4 Å². The van der Waals surface area contributed by atoms with Crippen molar-refractivity contribution in [1.82, 2.24) is 29.6 Å². The predicted octanol–water partition coefficient (Wildman–Crippen LogP) is 1.92. The lowest BCUT2D eigenvalue weighted by Crippen LogP contribution is -2.45. The maximum atomic E-state index is 12.7. The smallest absolute Gasteiger partial charge is 0.274 e. The van der Waals surface area contributed by atoms with E-state index in [0.29, 0.717) is 31.9 Å². The number of carbonyl (C=O) groups is 1. The molecule has 0 aromatic carbocycles.